The van der Waals surface area contributed by atoms with Crippen LogP contribution < -0.4 is 10.5 Å². The summed E-state index contributed by atoms with van der Waals surface area (Å²) in [6.07, 6.45) is 2.77. The highest BCUT2D eigenvalue weighted by atomic mass is 32.2. The van der Waals surface area contributed by atoms with Gasteiger partial charge in [0, 0.05) is 29.8 Å². The van der Waals surface area contributed by atoms with Gasteiger partial charge in [-0.2, -0.15) is 0 Å². The predicted octanol–water partition coefficient (Wildman–Crippen LogP) is 11.0. The number of nitrogens with two attached hydrogens (primary N) is 1. The van der Waals surface area contributed by atoms with Gasteiger partial charge in [0.15, 0.2) is 0 Å². The van der Waals surface area contributed by atoms with Crippen molar-refractivity contribution in [2.75, 3.05) is 0 Å². The average Bonchev–Trinajstić information content (AvgIpc) is 3.08. The number of hydrogen-bond donors (Lipinski definition) is 1. The van der Waals surface area contributed by atoms with Crippen molar-refractivity contribution in [2.45, 2.75) is 71.0 Å². The van der Waals surface area contributed by atoms with Crippen LogP contribution in [0, 0.1) is 19.7 Å². The van der Waals surface area contributed by atoms with Gasteiger partial charge in [-0.25, -0.2) is 14.4 Å². The fourth-order valence-corrected chi connectivity index (χ4v) is 5.98. The molecule has 4 aromatic carbocycles. The lowest BCUT2D eigenvalue weighted by Gasteiger charge is -2.12. The average molecular weight is 703 g/mol. The minimum Gasteiger partial charge on any atom is -0.406 e. The zero-order chi connectivity index (χ0) is 36.1. The SMILES string of the molecule is Cc1cccc(C)c1N=C(CCC(C)N=Cc1ccc(C(N)=N/C=C\CC(C)c2ccc(OC(F)(F)F)cc2)cc1)SCc1ccccc1F. The van der Waals surface area contributed by atoms with Gasteiger partial charge in [-0.3, -0.25) is 4.99 Å². The summed E-state index contributed by atoms with van der Waals surface area (Å²) in [6.45, 7) is 8.15. The molecule has 0 amide bonds. The number of allylic oxidation sites excluding steroid dienone is 1. The molecular formula is C40H42F4N4OS. The van der Waals surface area contributed by atoms with E-state index in [2.05, 4.69) is 42.6 Å². The van der Waals surface area contributed by atoms with E-state index >= 15 is 0 Å². The van der Waals surface area contributed by atoms with Crippen LogP contribution in [0.15, 0.2) is 118 Å². The van der Waals surface area contributed by atoms with Crippen molar-refractivity contribution in [3.63, 3.8) is 0 Å². The zero-order valence-electron chi connectivity index (χ0n) is 28.6. The van der Waals surface area contributed by atoms with Crippen LogP contribution >= 0.6 is 11.8 Å². The molecule has 0 spiro atoms. The van der Waals surface area contributed by atoms with Crippen LogP contribution in [0.5, 0.6) is 5.75 Å². The van der Waals surface area contributed by atoms with Gasteiger partial charge in [0.2, 0.25) is 0 Å². The normalized spacial score (nSPS) is 14.0. The lowest BCUT2D eigenvalue weighted by molar-refractivity contribution is -0.274. The molecule has 2 atom stereocenters. The second-order valence-electron chi connectivity index (χ2n) is 12.1. The van der Waals surface area contributed by atoms with E-state index in [1.54, 1.807) is 36.2 Å². The minimum absolute atomic E-state index is 0.0391. The number of nitrogens with zero attached hydrogens (tertiary/aromatic N) is 3. The highest BCUT2D eigenvalue weighted by Crippen LogP contribution is 2.29. The number of para-hydroxylation sites is 1. The van der Waals surface area contributed by atoms with Crippen LogP contribution in [-0.2, 0) is 5.75 Å². The molecule has 0 aliphatic carbocycles. The van der Waals surface area contributed by atoms with Crippen molar-refractivity contribution >= 4 is 34.5 Å². The maximum atomic E-state index is 14.3. The van der Waals surface area contributed by atoms with Crippen molar-refractivity contribution in [3.05, 3.63) is 142 Å². The van der Waals surface area contributed by atoms with Crippen LogP contribution in [0.3, 0.4) is 0 Å². The van der Waals surface area contributed by atoms with Crippen molar-refractivity contribution in [1.82, 2.24) is 0 Å². The van der Waals surface area contributed by atoms with Gasteiger partial charge in [-0.15, -0.1) is 24.9 Å². The zero-order valence-corrected chi connectivity index (χ0v) is 29.4. The number of aryl methyl sites for hydroxylation is 2. The predicted molar refractivity (Wildman–Crippen MR) is 199 cm³/mol. The number of aliphatic imine (C=N–C) groups is 3. The van der Waals surface area contributed by atoms with Gasteiger partial charge < -0.3 is 10.5 Å². The van der Waals surface area contributed by atoms with Crippen molar-refractivity contribution in [3.8, 4) is 5.75 Å². The lowest BCUT2D eigenvalue weighted by Crippen LogP contribution is -2.17. The Morgan fingerprint density at radius 2 is 1.58 bits per heavy atom. The fraction of sp³-hybridized carbons (Fsp3) is 0.275. The summed E-state index contributed by atoms with van der Waals surface area (Å²) < 4.78 is 55.4. The molecular weight excluding hydrogens is 661 g/mol. The Kier molecular flexibility index (Phi) is 14.0. The summed E-state index contributed by atoms with van der Waals surface area (Å²) >= 11 is 1.57. The van der Waals surface area contributed by atoms with Crippen LogP contribution in [0.1, 0.15) is 72.4 Å². The van der Waals surface area contributed by atoms with E-state index in [0.29, 0.717) is 30.0 Å². The maximum absolute atomic E-state index is 14.3. The Hall–Kier alpha value is -4.70. The number of alkyl halides is 3. The van der Waals surface area contributed by atoms with Crippen LogP contribution in [0.4, 0.5) is 23.2 Å². The Bertz CT molecular complexity index is 1800. The second-order valence-corrected chi connectivity index (χ2v) is 13.1. The summed E-state index contributed by atoms with van der Waals surface area (Å²) in [4.78, 5) is 14.1. The first kappa shape index (κ1) is 38.1. The Labute approximate surface area is 296 Å². The number of thioether (sulfide) groups is 1. The first-order valence-corrected chi connectivity index (χ1v) is 17.3. The monoisotopic (exact) mass is 702 g/mol. The highest BCUT2D eigenvalue weighted by Gasteiger charge is 2.31. The molecule has 5 nitrogen and oxygen atoms in total. The van der Waals surface area contributed by atoms with E-state index in [4.69, 9.17) is 15.7 Å². The molecule has 0 saturated carbocycles. The number of hydrogen-bond acceptors (Lipinski definition) is 5. The largest absolute Gasteiger partial charge is 0.573 e. The number of amidine groups is 1. The smallest absolute Gasteiger partial charge is 0.406 e. The van der Waals surface area contributed by atoms with E-state index in [9.17, 15) is 17.6 Å². The maximum Gasteiger partial charge on any atom is 0.573 e. The summed E-state index contributed by atoms with van der Waals surface area (Å²) in [5.41, 5.74) is 12.6. The molecule has 4 rings (SSSR count). The molecule has 0 radical (unpaired) electrons. The molecule has 0 bridgehead atoms. The Balaban J connectivity index is 1.30. The molecule has 0 fully saturated rings. The van der Waals surface area contributed by atoms with E-state index < -0.39 is 6.36 Å². The minimum atomic E-state index is -4.71. The first-order chi connectivity index (χ1) is 23.9. The van der Waals surface area contributed by atoms with Crippen LogP contribution in [0.2, 0.25) is 0 Å². The van der Waals surface area contributed by atoms with Gasteiger partial charge >= 0.3 is 6.36 Å². The van der Waals surface area contributed by atoms with E-state index in [1.165, 1.54) is 18.2 Å². The number of rotatable bonds is 14. The van der Waals surface area contributed by atoms with Gasteiger partial charge in [-0.1, -0.05) is 85.8 Å². The summed E-state index contributed by atoms with van der Waals surface area (Å²) in [5, 5.41) is 0.948. The first-order valence-electron chi connectivity index (χ1n) is 16.4. The topological polar surface area (TPSA) is 72.3 Å². The summed E-state index contributed by atoms with van der Waals surface area (Å²) in [5.74, 6) is 0.479. The van der Waals surface area contributed by atoms with Gasteiger partial charge in [0.1, 0.15) is 17.4 Å². The third-order valence-electron chi connectivity index (χ3n) is 7.98. The molecule has 50 heavy (non-hydrogen) atoms. The fourth-order valence-electron chi connectivity index (χ4n) is 5.01. The number of halogens is 4. The van der Waals surface area contributed by atoms with Gasteiger partial charge in [0.25, 0.3) is 0 Å². The molecule has 0 aliphatic rings. The van der Waals surface area contributed by atoms with E-state index in [0.717, 1.165) is 45.0 Å². The van der Waals surface area contributed by atoms with E-state index in [1.807, 2.05) is 61.7 Å². The summed E-state index contributed by atoms with van der Waals surface area (Å²) in [6, 6.07) is 26.5. The molecule has 0 aliphatic heterocycles. The molecule has 0 aromatic heterocycles. The Morgan fingerprint density at radius 1 is 0.900 bits per heavy atom. The molecule has 262 valence electrons. The van der Waals surface area contributed by atoms with Crippen molar-refractivity contribution < 1.29 is 22.3 Å². The Morgan fingerprint density at radius 3 is 2.24 bits per heavy atom. The molecule has 4 aromatic rings. The second kappa shape index (κ2) is 18.3. The molecule has 2 N–H and O–H groups in total. The molecule has 2 unspecified atom stereocenters. The molecule has 10 heteroatoms. The van der Waals surface area contributed by atoms with Crippen molar-refractivity contribution in [2.24, 2.45) is 20.7 Å². The quantitative estimate of drug-likeness (QED) is 0.0808. The third kappa shape index (κ3) is 12.3. The van der Waals surface area contributed by atoms with Crippen LogP contribution in [0.25, 0.3) is 0 Å². The summed E-state index contributed by atoms with van der Waals surface area (Å²) in [7, 11) is 0. The number of benzene rings is 4. The highest BCUT2D eigenvalue weighted by molar-refractivity contribution is 8.13. The van der Waals surface area contributed by atoms with E-state index in [-0.39, 0.29) is 23.5 Å². The van der Waals surface area contributed by atoms with Crippen LogP contribution in [-0.4, -0.2) is 29.5 Å². The van der Waals surface area contributed by atoms with Gasteiger partial charge in [0.05, 0.1) is 10.7 Å². The number of ether oxygens (including phenoxy) is 1. The molecule has 0 heterocycles. The standard InChI is InChI=1S/C40H42F4N4OS/c1-27(32-19-21-35(22-20-32)49-40(42,43)44)11-8-24-46-39(45)33-17-15-31(16-18-33)25-47-30(4)14-23-37(48-38-28(2)9-7-10-29(38)3)50-26-34-12-5-6-13-36(34)41/h5-10,12-13,15-22,24-25,27,30H,11,14,23,26H2,1-4H3,(H2,45,46)/b24-8-,47-25?,48-37?. The van der Waals surface area contributed by atoms with Gasteiger partial charge in [-0.05, 0) is 92.0 Å². The third-order valence-corrected chi connectivity index (χ3v) is 9.06. The molecule has 0 saturated heterocycles. The lowest BCUT2D eigenvalue weighted by atomic mass is 9.98. The van der Waals surface area contributed by atoms with Crippen molar-refractivity contribution in [1.29, 1.82) is 0 Å².